The van der Waals surface area contributed by atoms with Gasteiger partial charge in [0.2, 0.25) is 0 Å². The molecule has 2 atom stereocenters. The molecule has 0 aromatic rings. The van der Waals surface area contributed by atoms with Crippen molar-refractivity contribution in [2.24, 2.45) is 11.8 Å². The zero-order valence-electron chi connectivity index (χ0n) is 10.7. The first-order valence-corrected chi connectivity index (χ1v) is 6.78. The van der Waals surface area contributed by atoms with Gasteiger partial charge in [-0.25, -0.2) is 0 Å². The van der Waals surface area contributed by atoms with Gasteiger partial charge in [-0.05, 0) is 31.7 Å². The summed E-state index contributed by atoms with van der Waals surface area (Å²) in [5.74, 6) is 1.05. The molecule has 1 saturated carbocycles. The van der Waals surface area contributed by atoms with E-state index in [-0.39, 0.29) is 6.42 Å². The molecule has 1 saturated heterocycles. The predicted octanol–water partition coefficient (Wildman–Crippen LogP) is 1.17. The van der Waals surface area contributed by atoms with Crippen LogP contribution in [0.2, 0.25) is 0 Å². The minimum Gasteiger partial charge on any atom is -0.481 e. The van der Waals surface area contributed by atoms with Crippen molar-refractivity contribution in [2.45, 2.75) is 38.1 Å². The van der Waals surface area contributed by atoms with Crippen molar-refractivity contribution in [1.82, 2.24) is 10.2 Å². The Morgan fingerprint density at radius 1 is 1.35 bits per heavy atom. The van der Waals surface area contributed by atoms with Gasteiger partial charge in [0.15, 0.2) is 0 Å². The van der Waals surface area contributed by atoms with E-state index in [1.807, 2.05) is 7.05 Å². The topological polar surface area (TPSA) is 52.6 Å². The number of hydrogen-bond acceptors (Lipinski definition) is 3. The van der Waals surface area contributed by atoms with E-state index in [4.69, 9.17) is 5.11 Å². The normalized spacial score (nSPS) is 30.4. The molecule has 98 valence electrons. The maximum Gasteiger partial charge on any atom is 0.304 e. The maximum atomic E-state index is 10.6. The zero-order valence-corrected chi connectivity index (χ0v) is 10.7. The number of carboxylic acid groups (broad SMARTS) is 1. The smallest absolute Gasteiger partial charge is 0.304 e. The summed E-state index contributed by atoms with van der Waals surface area (Å²) in [6.07, 6.45) is 5.70. The van der Waals surface area contributed by atoms with Crippen molar-refractivity contribution in [3.8, 4) is 0 Å². The summed E-state index contributed by atoms with van der Waals surface area (Å²) in [7, 11) is 2.01. The van der Waals surface area contributed by atoms with Gasteiger partial charge >= 0.3 is 5.97 Å². The van der Waals surface area contributed by atoms with Crippen molar-refractivity contribution in [3.05, 3.63) is 0 Å². The minimum absolute atomic E-state index is 0.270. The first-order chi connectivity index (χ1) is 8.17. The molecule has 2 aliphatic rings. The van der Waals surface area contributed by atoms with Gasteiger partial charge in [-0.2, -0.15) is 0 Å². The van der Waals surface area contributed by atoms with Crippen LogP contribution < -0.4 is 5.32 Å². The molecule has 1 aliphatic carbocycles. The summed E-state index contributed by atoms with van der Waals surface area (Å²) >= 11 is 0. The Morgan fingerprint density at radius 3 is 2.71 bits per heavy atom. The van der Waals surface area contributed by atoms with Crippen LogP contribution >= 0.6 is 0 Å². The lowest BCUT2D eigenvalue weighted by Crippen LogP contribution is -2.48. The molecule has 0 radical (unpaired) electrons. The second-order valence-corrected chi connectivity index (χ2v) is 5.67. The van der Waals surface area contributed by atoms with E-state index in [0.29, 0.717) is 12.6 Å². The van der Waals surface area contributed by atoms with Gasteiger partial charge in [0.25, 0.3) is 0 Å². The third kappa shape index (κ3) is 4.28. The molecule has 4 nitrogen and oxygen atoms in total. The Morgan fingerprint density at radius 2 is 2.12 bits per heavy atom. The maximum absolute atomic E-state index is 10.6. The third-order valence-corrected chi connectivity index (χ3v) is 4.03. The Bertz CT molecular complexity index is 266. The van der Waals surface area contributed by atoms with Gasteiger partial charge in [-0.3, -0.25) is 4.79 Å². The largest absolute Gasteiger partial charge is 0.481 e. The SMILES string of the molecule is CNC1CC(CC2CC2)CN(CCC(=O)O)C1. The lowest BCUT2D eigenvalue weighted by atomic mass is 9.89. The van der Waals surface area contributed by atoms with E-state index in [0.717, 1.165) is 24.9 Å². The van der Waals surface area contributed by atoms with Gasteiger partial charge in [0.05, 0.1) is 6.42 Å². The molecule has 1 aliphatic heterocycles. The van der Waals surface area contributed by atoms with E-state index in [9.17, 15) is 4.79 Å². The molecule has 2 rings (SSSR count). The number of piperidine rings is 1. The molecule has 0 spiro atoms. The zero-order chi connectivity index (χ0) is 12.3. The fourth-order valence-corrected chi connectivity index (χ4v) is 2.94. The van der Waals surface area contributed by atoms with Crippen molar-refractivity contribution < 1.29 is 9.90 Å². The minimum atomic E-state index is -0.685. The van der Waals surface area contributed by atoms with Crippen molar-refractivity contribution in [3.63, 3.8) is 0 Å². The molecule has 2 unspecified atom stereocenters. The Balaban J connectivity index is 1.80. The van der Waals surface area contributed by atoms with Crippen LogP contribution in [0.15, 0.2) is 0 Å². The Kier molecular flexibility index (Phi) is 4.40. The van der Waals surface area contributed by atoms with Crippen molar-refractivity contribution >= 4 is 5.97 Å². The van der Waals surface area contributed by atoms with Crippen molar-refractivity contribution in [2.75, 3.05) is 26.7 Å². The van der Waals surface area contributed by atoms with Crippen LogP contribution in [0.25, 0.3) is 0 Å². The van der Waals surface area contributed by atoms with Crippen LogP contribution in [-0.2, 0) is 4.79 Å². The quantitative estimate of drug-likeness (QED) is 0.732. The lowest BCUT2D eigenvalue weighted by molar-refractivity contribution is -0.137. The Labute approximate surface area is 103 Å². The van der Waals surface area contributed by atoms with Crippen LogP contribution in [0, 0.1) is 11.8 Å². The number of nitrogens with zero attached hydrogens (tertiary/aromatic N) is 1. The monoisotopic (exact) mass is 240 g/mol. The number of carboxylic acids is 1. The molecule has 17 heavy (non-hydrogen) atoms. The second-order valence-electron chi connectivity index (χ2n) is 5.67. The number of likely N-dealkylation sites (N-methyl/N-ethyl adjacent to an activating group) is 1. The molecule has 0 aromatic carbocycles. The number of likely N-dealkylation sites (tertiary alicyclic amines) is 1. The number of nitrogens with one attached hydrogen (secondary N) is 1. The molecule has 1 heterocycles. The van der Waals surface area contributed by atoms with Crippen molar-refractivity contribution in [1.29, 1.82) is 0 Å². The van der Waals surface area contributed by atoms with Gasteiger partial charge < -0.3 is 15.3 Å². The summed E-state index contributed by atoms with van der Waals surface area (Å²) in [5.41, 5.74) is 0. The van der Waals surface area contributed by atoms with Gasteiger partial charge in [0, 0.05) is 25.7 Å². The van der Waals surface area contributed by atoms with E-state index < -0.39 is 5.97 Å². The average molecular weight is 240 g/mol. The predicted molar refractivity (Wildman–Crippen MR) is 67.0 cm³/mol. The van der Waals surface area contributed by atoms with E-state index in [2.05, 4.69) is 10.2 Å². The van der Waals surface area contributed by atoms with E-state index in [1.165, 1.54) is 25.7 Å². The molecule has 0 bridgehead atoms. The highest BCUT2D eigenvalue weighted by Crippen LogP contribution is 2.37. The van der Waals surface area contributed by atoms with Gasteiger partial charge in [-0.1, -0.05) is 12.8 Å². The first kappa shape index (κ1) is 12.8. The molecule has 0 amide bonds. The molecule has 4 heteroatoms. The van der Waals surface area contributed by atoms with Crippen LogP contribution in [0.1, 0.15) is 32.1 Å². The number of rotatable bonds is 6. The summed E-state index contributed by atoms with van der Waals surface area (Å²) < 4.78 is 0. The average Bonchev–Trinajstić information content (AvgIpc) is 3.10. The molecular weight excluding hydrogens is 216 g/mol. The number of aliphatic carboxylic acids is 1. The highest BCUT2D eigenvalue weighted by Gasteiger charge is 2.31. The van der Waals surface area contributed by atoms with E-state index >= 15 is 0 Å². The van der Waals surface area contributed by atoms with Crippen LogP contribution in [0.4, 0.5) is 0 Å². The van der Waals surface area contributed by atoms with Crippen LogP contribution in [-0.4, -0.2) is 48.7 Å². The van der Waals surface area contributed by atoms with Gasteiger partial charge in [-0.15, -0.1) is 0 Å². The third-order valence-electron chi connectivity index (χ3n) is 4.03. The standard InChI is InChI=1S/C13H24N2O2/c1-14-12-7-11(6-10-2-3-10)8-15(9-12)5-4-13(16)17/h10-12,14H,2-9H2,1H3,(H,16,17). The van der Waals surface area contributed by atoms with Crippen LogP contribution in [0.5, 0.6) is 0 Å². The summed E-state index contributed by atoms with van der Waals surface area (Å²) in [5, 5.41) is 12.1. The van der Waals surface area contributed by atoms with E-state index in [1.54, 1.807) is 0 Å². The molecular formula is C13H24N2O2. The molecule has 2 N–H and O–H groups in total. The second kappa shape index (κ2) is 5.83. The molecule has 2 fully saturated rings. The Hall–Kier alpha value is -0.610. The molecule has 0 aromatic heterocycles. The fourth-order valence-electron chi connectivity index (χ4n) is 2.94. The number of carbonyl (C=O) groups is 1. The lowest BCUT2D eigenvalue weighted by Gasteiger charge is -2.37. The summed E-state index contributed by atoms with van der Waals surface area (Å²) in [4.78, 5) is 12.9. The number of hydrogen-bond donors (Lipinski definition) is 2. The van der Waals surface area contributed by atoms with Gasteiger partial charge in [0.1, 0.15) is 0 Å². The fraction of sp³-hybridized carbons (Fsp3) is 0.923. The first-order valence-electron chi connectivity index (χ1n) is 6.78. The summed E-state index contributed by atoms with van der Waals surface area (Å²) in [6.45, 7) is 2.81. The highest BCUT2D eigenvalue weighted by atomic mass is 16.4. The summed E-state index contributed by atoms with van der Waals surface area (Å²) in [6, 6.07) is 0.543. The van der Waals surface area contributed by atoms with Crippen LogP contribution in [0.3, 0.4) is 0 Å². The highest BCUT2D eigenvalue weighted by molar-refractivity contribution is 5.66.